The molecule has 0 aliphatic carbocycles. The van der Waals surface area contributed by atoms with Gasteiger partial charge in [0.15, 0.2) is 5.78 Å². The molecule has 0 fully saturated rings. The lowest BCUT2D eigenvalue weighted by atomic mass is 10.1. The van der Waals surface area contributed by atoms with Crippen LogP contribution in [0.4, 0.5) is 0 Å². The Labute approximate surface area is 84.1 Å². The van der Waals surface area contributed by atoms with Gasteiger partial charge in [0.25, 0.3) is 0 Å². The summed E-state index contributed by atoms with van der Waals surface area (Å²) in [5.74, 6) is 0.823. The zero-order valence-electron chi connectivity index (χ0n) is 8.54. The third kappa shape index (κ3) is 2.85. The molecule has 1 rings (SSSR count). The van der Waals surface area contributed by atoms with Crippen LogP contribution in [0.5, 0.6) is 5.75 Å². The molecular formula is C11H15NO2. The first kappa shape index (κ1) is 10.7. The third-order valence-electron chi connectivity index (χ3n) is 1.80. The van der Waals surface area contributed by atoms with Gasteiger partial charge in [-0.25, -0.2) is 0 Å². The van der Waals surface area contributed by atoms with Gasteiger partial charge >= 0.3 is 0 Å². The van der Waals surface area contributed by atoms with Crippen molar-refractivity contribution in [2.75, 3.05) is 20.2 Å². The number of rotatable bonds is 5. The molecule has 3 heteroatoms. The predicted molar refractivity (Wildman–Crippen MR) is 55.9 cm³/mol. The summed E-state index contributed by atoms with van der Waals surface area (Å²) in [6.45, 7) is 2.89. The largest absolute Gasteiger partial charge is 0.494 e. The van der Waals surface area contributed by atoms with E-state index in [4.69, 9.17) is 4.74 Å². The van der Waals surface area contributed by atoms with Crippen LogP contribution in [-0.4, -0.2) is 26.0 Å². The molecule has 0 heterocycles. The van der Waals surface area contributed by atoms with Crippen molar-refractivity contribution in [1.29, 1.82) is 0 Å². The number of carbonyl (C=O) groups is 1. The molecule has 0 aliphatic heterocycles. The summed E-state index contributed by atoms with van der Waals surface area (Å²) in [7, 11) is 1.75. The normalized spacial score (nSPS) is 9.86. The van der Waals surface area contributed by atoms with E-state index in [1.54, 1.807) is 19.2 Å². The highest BCUT2D eigenvalue weighted by molar-refractivity contribution is 5.97. The lowest BCUT2D eigenvalue weighted by Gasteiger charge is -2.04. The minimum Gasteiger partial charge on any atom is -0.494 e. The smallest absolute Gasteiger partial charge is 0.176 e. The Bertz CT molecular complexity index is 310. The summed E-state index contributed by atoms with van der Waals surface area (Å²) in [6, 6.07) is 7.24. The Morgan fingerprint density at radius 2 is 2.29 bits per heavy atom. The molecule has 0 aromatic heterocycles. The lowest BCUT2D eigenvalue weighted by molar-refractivity contribution is 0.0993. The van der Waals surface area contributed by atoms with Gasteiger partial charge in [0.1, 0.15) is 5.75 Å². The van der Waals surface area contributed by atoms with E-state index in [0.29, 0.717) is 18.7 Å². The van der Waals surface area contributed by atoms with Crippen LogP contribution in [0, 0.1) is 0 Å². The van der Waals surface area contributed by atoms with Crippen molar-refractivity contribution in [2.24, 2.45) is 0 Å². The Hall–Kier alpha value is -1.35. The molecule has 76 valence electrons. The van der Waals surface area contributed by atoms with E-state index in [2.05, 4.69) is 5.32 Å². The van der Waals surface area contributed by atoms with Crippen LogP contribution in [-0.2, 0) is 0 Å². The van der Waals surface area contributed by atoms with Gasteiger partial charge in [-0.1, -0.05) is 12.1 Å². The minimum atomic E-state index is 0.0778. The molecule has 0 spiro atoms. The van der Waals surface area contributed by atoms with Gasteiger partial charge in [-0.3, -0.25) is 4.79 Å². The average molecular weight is 193 g/mol. The molecule has 3 nitrogen and oxygen atoms in total. The van der Waals surface area contributed by atoms with Crippen molar-refractivity contribution in [3.05, 3.63) is 29.8 Å². The van der Waals surface area contributed by atoms with E-state index in [-0.39, 0.29) is 5.78 Å². The van der Waals surface area contributed by atoms with Crippen molar-refractivity contribution in [3.8, 4) is 5.75 Å². The second kappa shape index (κ2) is 5.40. The van der Waals surface area contributed by atoms with Crippen molar-refractivity contribution < 1.29 is 9.53 Å². The zero-order chi connectivity index (χ0) is 10.4. The van der Waals surface area contributed by atoms with Gasteiger partial charge < -0.3 is 10.1 Å². The Kier molecular flexibility index (Phi) is 4.13. The fraction of sp³-hybridized carbons (Fsp3) is 0.364. The number of carbonyl (C=O) groups excluding carboxylic acids is 1. The lowest BCUT2D eigenvalue weighted by Crippen LogP contribution is -2.18. The molecule has 0 radical (unpaired) electrons. The maximum Gasteiger partial charge on any atom is 0.176 e. The molecule has 0 bridgehead atoms. The molecule has 1 N–H and O–H groups in total. The predicted octanol–water partition coefficient (Wildman–Crippen LogP) is 1.49. The molecule has 0 atom stereocenters. The Morgan fingerprint density at radius 1 is 1.50 bits per heavy atom. The zero-order valence-corrected chi connectivity index (χ0v) is 8.54. The number of hydrogen-bond acceptors (Lipinski definition) is 3. The van der Waals surface area contributed by atoms with Crippen molar-refractivity contribution in [2.45, 2.75) is 6.92 Å². The summed E-state index contributed by atoms with van der Waals surface area (Å²) in [5, 5.41) is 2.83. The maximum absolute atomic E-state index is 11.5. The number of Topliss-reactive ketones (excluding diaryl/α,β-unsaturated/α-hetero) is 1. The Morgan fingerprint density at radius 3 is 2.93 bits per heavy atom. The highest BCUT2D eigenvalue weighted by atomic mass is 16.5. The molecule has 0 saturated carbocycles. The van der Waals surface area contributed by atoms with E-state index in [9.17, 15) is 4.79 Å². The summed E-state index contributed by atoms with van der Waals surface area (Å²) < 4.78 is 5.30. The highest BCUT2D eigenvalue weighted by Crippen LogP contribution is 2.13. The fourth-order valence-electron chi connectivity index (χ4n) is 1.19. The molecule has 1 aromatic carbocycles. The highest BCUT2D eigenvalue weighted by Gasteiger charge is 2.04. The summed E-state index contributed by atoms with van der Waals surface area (Å²) in [6.07, 6.45) is 0. The number of ether oxygens (including phenoxy) is 1. The molecule has 0 unspecified atom stereocenters. The van der Waals surface area contributed by atoms with Crippen LogP contribution in [0.15, 0.2) is 24.3 Å². The van der Waals surface area contributed by atoms with Gasteiger partial charge in [0.05, 0.1) is 13.2 Å². The first-order chi connectivity index (χ1) is 6.77. The summed E-state index contributed by atoms with van der Waals surface area (Å²) >= 11 is 0. The fourth-order valence-corrected chi connectivity index (χ4v) is 1.19. The van der Waals surface area contributed by atoms with Crippen LogP contribution < -0.4 is 10.1 Å². The van der Waals surface area contributed by atoms with E-state index < -0.39 is 0 Å². The monoisotopic (exact) mass is 193 g/mol. The summed E-state index contributed by atoms with van der Waals surface area (Å²) in [4.78, 5) is 11.5. The van der Waals surface area contributed by atoms with Crippen molar-refractivity contribution in [1.82, 2.24) is 5.32 Å². The topological polar surface area (TPSA) is 38.3 Å². The maximum atomic E-state index is 11.5. The minimum absolute atomic E-state index is 0.0778. The Balaban J connectivity index is 2.77. The molecule has 14 heavy (non-hydrogen) atoms. The van der Waals surface area contributed by atoms with Gasteiger partial charge in [-0.15, -0.1) is 0 Å². The van der Waals surface area contributed by atoms with Gasteiger partial charge in [0, 0.05) is 5.56 Å². The van der Waals surface area contributed by atoms with Crippen LogP contribution in [0.1, 0.15) is 17.3 Å². The van der Waals surface area contributed by atoms with E-state index in [0.717, 1.165) is 5.75 Å². The second-order valence-corrected chi connectivity index (χ2v) is 2.91. The van der Waals surface area contributed by atoms with Crippen LogP contribution in [0.2, 0.25) is 0 Å². The molecule has 1 aromatic rings. The van der Waals surface area contributed by atoms with Crippen LogP contribution in [0.25, 0.3) is 0 Å². The average Bonchev–Trinajstić information content (AvgIpc) is 2.19. The summed E-state index contributed by atoms with van der Waals surface area (Å²) in [5.41, 5.74) is 0.685. The number of nitrogens with one attached hydrogen (secondary N) is 1. The van der Waals surface area contributed by atoms with E-state index in [1.165, 1.54) is 0 Å². The number of likely N-dealkylation sites (N-methyl/N-ethyl adjacent to an activating group) is 1. The molecular weight excluding hydrogens is 178 g/mol. The van der Waals surface area contributed by atoms with E-state index >= 15 is 0 Å². The first-order valence-corrected chi connectivity index (χ1v) is 4.68. The van der Waals surface area contributed by atoms with Crippen molar-refractivity contribution >= 4 is 5.78 Å². The second-order valence-electron chi connectivity index (χ2n) is 2.91. The van der Waals surface area contributed by atoms with Gasteiger partial charge in [-0.05, 0) is 26.1 Å². The number of ketones is 1. The van der Waals surface area contributed by atoms with Gasteiger partial charge in [0.2, 0.25) is 0 Å². The molecule has 0 aliphatic rings. The number of benzene rings is 1. The SMILES string of the molecule is CCOc1cccc(C(=O)CNC)c1. The number of hydrogen-bond donors (Lipinski definition) is 1. The van der Waals surface area contributed by atoms with Crippen LogP contribution in [0.3, 0.4) is 0 Å². The van der Waals surface area contributed by atoms with Gasteiger partial charge in [-0.2, -0.15) is 0 Å². The van der Waals surface area contributed by atoms with Crippen LogP contribution >= 0.6 is 0 Å². The molecule has 0 saturated heterocycles. The van der Waals surface area contributed by atoms with Crippen molar-refractivity contribution in [3.63, 3.8) is 0 Å². The van der Waals surface area contributed by atoms with E-state index in [1.807, 2.05) is 19.1 Å². The molecule has 0 amide bonds. The standard InChI is InChI=1S/C11H15NO2/c1-3-14-10-6-4-5-9(7-10)11(13)8-12-2/h4-7,12H,3,8H2,1-2H3. The quantitative estimate of drug-likeness (QED) is 0.720. The third-order valence-corrected chi connectivity index (χ3v) is 1.80. The first-order valence-electron chi connectivity index (χ1n) is 4.68.